The van der Waals surface area contributed by atoms with Gasteiger partial charge in [-0.2, -0.15) is 0 Å². The van der Waals surface area contributed by atoms with Gasteiger partial charge in [0, 0.05) is 18.1 Å². The van der Waals surface area contributed by atoms with Crippen LogP contribution < -0.4 is 10.1 Å². The van der Waals surface area contributed by atoms with Crippen molar-refractivity contribution in [1.29, 1.82) is 0 Å². The largest absolute Gasteiger partial charge is 0.481 e. The van der Waals surface area contributed by atoms with Crippen LogP contribution in [0.4, 0.5) is 10.1 Å². The maximum Gasteiger partial charge on any atom is 0.263 e. The molecule has 0 aromatic heterocycles. The van der Waals surface area contributed by atoms with Gasteiger partial charge in [0.2, 0.25) is 5.91 Å². The number of ether oxygens (including phenoxy) is 1. The van der Waals surface area contributed by atoms with Crippen molar-refractivity contribution in [2.45, 2.75) is 13.0 Å². The molecular weight excluding hydrogens is 359 g/mol. The molecule has 3 aromatic carbocycles. The summed E-state index contributed by atoms with van der Waals surface area (Å²) in [5.41, 5.74) is 0.694. The van der Waals surface area contributed by atoms with E-state index in [1.165, 1.54) is 36.2 Å². The number of anilines is 1. The molecular formula is C22H21FN2O3. The zero-order chi connectivity index (χ0) is 20.1. The quantitative estimate of drug-likeness (QED) is 0.707. The van der Waals surface area contributed by atoms with E-state index in [1.54, 1.807) is 6.92 Å². The topological polar surface area (TPSA) is 58.6 Å². The number of hydrogen-bond donors (Lipinski definition) is 1. The molecule has 0 aliphatic carbocycles. The molecule has 0 fully saturated rings. The Labute approximate surface area is 162 Å². The summed E-state index contributed by atoms with van der Waals surface area (Å²) in [6.45, 7) is 1.48. The fraction of sp³-hybridized carbons (Fsp3) is 0.182. The first-order chi connectivity index (χ1) is 13.4. The minimum absolute atomic E-state index is 0.112. The summed E-state index contributed by atoms with van der Waals surface area (Å²) in [6, 6.07) is 18.8. The van der Waals surface area contributed by atoms with Gasteiger partial charge in [-0.1, -0.05) is 36.4 Å². The fourth-order valence-electron chi connectivity index (χ4n) is 2.90. The van der Waals surface area contributed by atoms with E-state index in [4.69, 9.17) is 4.74 Å². The number of amides is 2. The van der Waals surface area contributed by atoms with Crippen LogP contribution in [0.15, 0.2) is 66.7 Å². The highest BCUT2D eigenvalue weighted by molar-refractivity contribution is 6.03. The van der Waals surface area contributed by atoms with Gasteiger partial charge in [0.25, 0.3) is 5.91 Å². The monoisotopic (exact) mass is 380 g/mol. The van der Waals surface area contributed by atoms with Gasteiger partial charge in [-0.15, -0.1) is 0 Å². The number of carbonyl (C=O) groups excluding carboxylic acids is 2. The first-order valence-corrected chi connectivity index (χ1v) is 8.89. The molecule has 2 amide bonds. The van der Waals surface area contributed by atoms with Gasteiger partial charge in [-0.05, 0) is 42.6 Å². The van der Waals surface area contributed by atoms with Gasteiger partial charge in [-0.25, -0.2) is 4.39 Å². The number of carbonyl (C=O) groups is 2. The lowest BCUT2D eigenvalue weighted by molar-refractivity contribution is -0.139. The lowest BCUT2D eigenvalue weighted by atomic mass is 10.1. The summed E-state index contributed by atoms with van der Waals surface area (Å²) < 4.78 is 18.5. The number of halogens is 1. The summed E-state index contributed by atoms with van der Waals surface area (Å²) in [4.78, 5) is 26.2. The third kappa shape index (κ3) is 4.65. The van der Waals surface area contributed by atoms with E-state index >= 15 is 0 Å². The van der Waals surface area contributed by atoms with E-state index < -0.39 is 6.10 Å². The molecule has 1 unspecified atom stereocenters. The Balaban J connectivity index is 1.59. The predicted molar refractivity (Wildman–Crippen MR) is 107 cm³/mol. The standard InChI is InChI=1S/C22H21FN2O3/c1-15(28-18-12-10-17(23)11-13-18)22(27)25(2)14-21(26)24-20-9-5-7-16-6-3-4-8-19(16)20/h3-13,15H,14H2,1-2H3,(H,24,26). The van der Waals surface area contributed by atoms with Crippen LogP contribution in [0.3, 0.4) is 0 Å². The van der Waals surface area contributed by atoms with Crippen LogP contribution in [0.5, 0.6) is 5.75 Å². The van der Waals surface area contributed by atoms with E-state index in [9.17, 15) is 14.0 Å². The van der Waals surface area contributed by atoms with E-state index in [0.717, 1.165) is 10.8 Å². The highest BCUT2D eigenvalue weighted by Gasteiger charge is 2.21. The molecule has 0 spiro atoms. The molecule has 144 valence electrons. The molecule has 28 heavy (non-hydrogen) atoms. The van der Waals surface area contributed by atoms with Crippen molar-refractivity contribution in [1.82, 2.24) is 4.90 Å². The Kier molecular flexibility index (Phi) is 5.89. The summed E-state index contributed by atoms with van der Waals surface area (Å²) in [7, 11) is 1.54. The van der Waals surface area contributed by atoms with Crippen molar-refractivity contribution in [2.75, 3.05) is 18.9 Å². The number of fused-ring (bicyclic) bond motifs is 1. The molecule has 0 aliphatic rings. The van der Waals surface area contributed by atoms with Gasteiger partial charge >= 0.3 is 0 Å². The molecule has 0 saturated carbocycles. The maximum atomic E-state index is 13.0. The number of likely N-dealkylation sites (N-methyl/N-ethyl adjacent to an activating group) is 1. The molecule has 1 atom stereocenters. The molecule has 0 radical (unpaired) electrons. The molecule has 0 aliphatic heterocycles. The first-order valence-electron chi connectivity index (χ1n) is 8.89. The third-order valence-electron chi connectivity index (χ3n) is 4.29. The molecule has 1 N–H and O–H groups in total. The summed E-state index contributed by atoms with van der Waals surface area (Å²) in [5.74, 6) is -0.650. The van der Waals surface area contributed by atoms with Crippen molar-refractivity contribution in [3.8, 4) is 5.75 Å². The van der Waals surface area contributed by atoms with Crippen molar-refractivity contribution in [3.05, 3.63) is 72.5 Å². The third-order valence-corrected chi connectivity index (χ3v) is 4.29. The number of nitrogens with zero attached hydrogens (tertiary/aromatic N) is 1. The van der Waals surface area contributed by atoms with Crippen LogP contribution in [0.25, 0.3) is 10.8 Å². The van der Waals surface area contributed by atoms with Crippen LogP contribution in [-0.2, 0) is 9.59 Å². The van der Waals surface area contributed by atoms with Crippen molar-refractivity contribution >= 4 is 28.3 Å². The average Bonchev–Trinajstić information content (AvgIpc) is 2.69. The molecule has 0 saturated heterocycles. The van der Waals surface area contributed by atoms with Crippen LogP contribution in [0.1, 0.15) is 6.92 Å². The van der Waals surface area contributed by atoms with Crippen LogP contribution in [-0.4, -0.2) is 36.4 Å². The Hall–Kier alpha value is -3.41. The second-order valence-electron chi connectivity index (χ2n) is 6.48. The molecule has 5 nitrogen and oxygen atoms in total. The number of rotatable bonds is 6. The highest BCUT2D eigenvalue weighted by Crippen LogP contribution is 2.22. The predicted octanol–water partition coefficient (Wildman–Crippen LogP) is 3.84. The number of nitrogens with one attached hydrogen (secondary N) is 1. The van der Waals surface area contributed by atoms with E-state index in [0.29, 0.717) is 11.4 Å². The smallest absolute Gasteiger partial charge is 0.263 e. The minimum atomic E-state index is -0.805. The van der Waals surface area contributed by atoms with Crippen LogP contribution >= 0.6 is 0 Å². The lowest BCUT2D eigenvalue weighted by Crippen LogP contribution is -2.42. The van der Waals surface area contributed by atoms with E-state index in [2.05, 4.69) is 5.32 Å². The van der Waals surface area contributed by atoms with Crippen LogP contribution in [0, 0.1) is 5.82 Å². The second-order valence-corrected chi connectivity index (χ2v) is 6.48. The summed E-state index contributed by atoms with van der Waals surface area (Å²) >= 11 is 0. The summed E-state index contributed by atoms with van der Waals surface area (Å²) in [5, 5.41) is 4.80. The molecule has 6 heteroatoms. The molecule has 3 aromatic rings. The van der Waals surface area contributed by atoms with Gasteiger partial charge < -0.3 is 15.0 Å². The van der Waals surface area contributed by atoms with Crippen LogP contribution in [0.2, 0.25) is 0 Å². The number of benzene rings is 3. The molecule has 3 rings (SSSR count). The van der Waals surface area contributed by atoms with Crippen molar-refractivity contribution < 1.29 is 18.7 Å². The molecule has 0 heterocycles. The minimum Gasteiger partial charge on any atom is -0.481 e. The zero-order valence-electron chi connectivity index (χ0n) is 15.7. The Morgan fingerprint density at radius 3 is 2.46 bits per heavy atom. The lowest BCUT2D eigenvalue weighted by Gasteiger charge is -2.22. The zero-order valence-corrected chi connectivity index (χ0v) is 15.7. The average molecular weight is 380 g/mol. The maximum absolute atomic E-state index is 13.0. The van der Waals surface area contributed by atoms with Gasteiger partial charge in [-0.3, -0.25) is 9.59 Å². The Bertz CT molecular complexity index is 983. The Morgan fingerprint density at radius 1 is 1.04 bits per heavy atom. The normalized spacial score (nSPS) is 11.7. The molecule has 0 bridgehead atoms. The summed E-state index contributed by atoms with van der Waals surface area (Å²) in [6.07, 6.45) is -0.805. The number of hydrogen-bond acceptors (Lipinski definition) is 3. The SMILES string of the molecule is CC(Oc1ccc(F)cc1)C(=O)N(C)CC(=O)Nc1cccc2ccccc12. The van der Waals surface area contributed by atoms with Crippen molar-refractivity contribution in [2.24, 2.45) is 0 Å². The second kappa shape index (κ2) is 8.52. The van der Waals surface area contributed by atoms with E-state index in [-0.39, 0.29) is 24.2 Å². The Morgan fingerprint density at radius 2 is 1.71 bits per heavy atom. The highest BCUT2D eigenvalue weighted by atomic mass is 19.1. The first kappa shape index (κ1) is 19.4. The van der Waals surface area contributed by atoms with Gasteiger partial charge in [0.15, 0.2) is 6.10 Å². The van der Waals surface area contributed by atoms with Gasteiger partial charge in [0.05, 0.1) is 6.54 Å². The van der Waals surface area contributed by atoms with Gasteiger partial charge in [0.1, 0.15) is 11.6 Å². The fourth-order valence-corrected chi connectivity index (χ4v) is 2.90. The van der Waals surface area contributed by atoms with E-state index in [1.807, 2.05) is 42.5 Å². The van der Waals surface area contributed by atoms with Crippen molar-refractivity contribution in [3.63, 3.8) is 0 Å².